The number of rotatable bonds is 2. The number of benzene rings is 1. The molecule has 0 fully saturated rings. The van der Waals surface area contributed by atoms with E-state index < -0.39 is 17.6 Å². The third kappa shape index (κ3) is 3.31. The highest BCUT2D eigenvalue weighted by atomic mass is 35.5. The lowest BCUT2D eigenvalue weighted by Crippen LogP contribution is -2.34. The molecule has 4 nitrogen and oxygen atoms in total. The van der Waals surface area contributed by atoms with Crippen molar-refractivity contribution in [2.75, 3.05) is 23.3 Å². The van der Waals surface area contributed by atoms with Crippen LogP contribution in [0.25, 0.3) is 0 Å². The summed E-state index contributed by atoms with van der Waals surface area (Å²) in [7, 11) is 0. The molecule has 3 rings (SSSR count). The first-order valence-electron chi connectivity index (χ1n) is 6.72. The number of halogens is 5. The third-order valence-electron chi connectivity index (χ3n) is 3.49. The molecule has 2 aromatic rings. The van der Waals surface area contributed by atoms with E-state index in [2.05, 4.69) is 15.5 Å². The largest absolute Gasteiger partial charge is 0.416 e. The van der Waals surface area contributed by atoms with E-state index >= 15 is 0 Å². The molecule has 0 radical (unpaired) electrons. The SMILES string of the molecule is Fc1ccc(C(F)(F)F)c(CN2CCNc3nnc(Cl)cc32)c1. The second-order valence-corrected chi connectivity index (χ2v) is 5.44. The maximum absolute atomic E-state index is 13.4. The van der Waals surface area contributed by atoms with E-state index in [0.29, 0.717) is 24.6 Å². The molecule has 1 N–H and O–H groups in total. The van der Waals surface area contributed by atoms with Crippen molar-refractivity contribution < 1.29 is 17.6 Å². The van der Waals surface area contributed by atoms with Gasteiger partial charge in [0.15, 0.2) is 11.0 Å². The van der Waals surface area contributed by atoms with Crippen molar-refractivity contribution in [1.29, 1.82) is 0 Å². The number of nitrogens with one attached hydrogen (secondary N) is 1. The first-order valence-corrected chi connectivity index (χ1v) is 7.10. The van der Waals surface area contributed by atoms with Gasteiger partial charge >= 0.3 is 6.18 Å². The van der Waals surface area contributed by atoms with E-state index in [1.165, 1.54) is 6.07 Å². The van der Waals surface area contributed by atoms with Gasteiger partial charge in [-0.05, 0) is 23.8 Å². The topological polar surface area (TPSA) is 41.0 Å². The molecule has 1 aliphatic heterocycles. The standard InChI is InChI=1S/C14H11ClF4N4/c15-12-6-11-13(22-21-12)20-3-4-23(11)7-8-5-9(16)1-2-10(8)14(17,18)19/h1-2,5-6H,3-4,7H2,(H,20,22). The van der Waals surface area contributed by atoms with Crippen molar-refractivity contribution >= 4 is 23.1 Å². The summed E-state index contributed by atoms with van der Waals surface area (Å²) in [5.74, 6) is -0.278. The highest BCUT2D eigenvalue weighted by Crippen LogP contribution is 2.35. The van der Waals surface area contributed by atoms with Crippen LogP contribution >= 0.6 is 11.6 Å². The number of fused-ring (bicyclic) bond motifs is 1. The number of nitrogens with zero attached hydrogens (tertiary/aromatic N) is 3. The second kappa shape index (κ2) is 5.84. The molecule has 1 aromatic heterocycles. The van der Waals surface area contributed by atoms with Crippen molar-refractivity contribution in [2.45, 2.75) is 12.7 Å². The van der Waals surface area contributed by atoms with Crippen LogP contribution in [-0.2, 0) is 12.7 Å². The third-order valence-corrected chi connectivity index (χ3v) is 3.68. The fourth-order valence-corrected chi connectivity index (χ4v) is 2.64. The lowest BCUT2D eigenvalue weighted by Gasteiger charge is -2.31. The zero-order chi connectivity index (χ0) is 16.6. The number of alkyl halides is 3. The molecular weight excluding hydrogens is 336 g/mol. The summed E-state index contributed by atoms with van der Waals surface area (Å²) in [6, 6.07) is 3.98. The summed E-state index contributed by atoms with van der Waals surface area (Å²) in [4.78, 5) is 1.66. The molecule has 23 heavy (non-hydrogen) atoms. The van der Waals surface area contributed by atoms with Gasteiger partial charge in [-0.2, -0.15) is 13.2 Å². The number of hydrogen-bond donors (Lipinski definition) is 1. The zero-order valence-corrected chi connectivity index (χ0v) is 12.4. The maximum Gasteiger partial charge on any atom is 0.416 e. The van der Waals surface area contributed by atoms with Gasteiger partial charge in [0.2, 0.25) is 0 Å². The second-order valence-electron chi connectivity index (χ2n) is 5.05. The fourth-order valence-electron chi connectivity index (χ4n) is 2.50. The predicted octanol–water partition coefficient (Wildman–Crippen LogP) is 3.72. The summed E-state index contributed by atoms with van der Waals surface area (Å²) in [5, 5.41) is 10.7. The van der Waals surface area contributed by atoms with E-state index in [1.807, 2.05) is 0 Å². The molecule has 0 amide bonds. The van der Waals surface area contributed by atoms with E-state index in [9.17, 15) is 17.6 Å². The van der Waals surface area contributed by atoms with Gasteiger partial charge in [-0.1, -0.05) is 11.6 Å². The molecule has 0 spiro atoms. The average Bonchev–Trinajstić information content (AvgIpc) is 2.46. The predicted molar refractivity (Wildman–Crippen MR) is 78.0 cm³/mol. The summed E-state index contributed by atoms with van der Waals surface area (Å²) in [5.41, 5.74) is -0.459. The molecule has 0 saturated carbocycles. The van der Waals surface area contributed by atoms with Gasteiger partial charge in [-0.3, -0.25) is 0 Å². The highest BCUT2D eigenvalue weighted by molar-refractivity contribution is 6.29. The van der Waals surface area contributed by atoms with Gasteiger partial charge in [-0.25, -0.2) is 4.39 Å². The Hall–Kier alpha value is -2.09. The number of aromatic nitrogens is 2. The Morgan fingerprint density at radius 2 is 2.00 bits per heavy atom. The van der Waals surface area contributed by atoms with E-state index in [-0.39, 0.29) is 17.3 Å². The van der Waals surface area contributed by atoms with Crippen LogP contribution in [0.3, 0.4) is 0 Å². The monoisotopic (exact) mass is 346 g/mol. The van der Waals surface area contributed by atoms with Crippen LogP contribution in [0.1, 0.15) is 11.1 Å². The molecule has 0 atom stereocenters. The molecule has 1 aromatic carbocycles. The molecule has 2 heterocycles. The first kappa shape index (κ1) is 15.8. The Kier molecular flexibility index (Phi) is 4.01. The Morgan fingerprint density at radius 3 is 2.74 bits per heavy atom. The van der Waals surface area contributed by atoms with Crippen molar-refractivity contribution in [3.8, 4) is 0 Å². The quantitative estimate of drug-likeness (QED) is 0.841. The molecule has 122 valence electrons. The van der Waals surface area contributed by atoms with Gasteiger partial charge in [0.05, 0.1) is 11.3 Å². The fraction of sp³-hybridized carbons (Fsp3) is 0.286. The van der Waals surface area contributed by atoms with Gasteiger partial charge in [0.1, 0.15) is 5.82 Å². The van der Waals surface area contributed by atoms with Crippen molar-refractivity contribution in [3.63, 3.8) is 0 Å². The molecule has 0 unspecified atom stereocenters. The summed E-state index contributed by atoms with van der Waals surface area (Å²) >= 11 is 5.81. The van der Waals surface area contributed by atoms with Crippen LogP contribution in [0, 0.1) is 5.82 Å². The summed E-state index contributed by atoms with van der Waals surface area (Å²) < 4.78 is 52.7. The molecular formula is C14H11ClF4N4. The first-order chi connectivity index (χ1) is 10.8. The average molecular weight is 347 g/mol. The summed E-state index contributed by atoms with van der Waals surface area (Å²) in [6.07, 6.45) is -4.55. The van der Waals surface area contributed by atoms with Crippen LogP contribution in [0.15, 0.2) is 24.3 Å². The number of hydrogen-bond acceptors (Lipinski definition) is 4. The molecule has 0 aliphatic carbocycles. The Labute approximate surface area is 134 Å². The van der Waals surface area contributed by atoms with Crippen molar-refractivity contribution in [1.82, 2.24) is 10.2 Å². The van der Waals surface area contributed by atoms with Crippen molar-refractivity contribution in [2.24, 2.45) is 0 Å². The van der Waals surface area contributed by atoms with Gasteiger partial charge in [0.25, 0.3) is 0 Å². The van der Waals surface area contributed by atoms with E-state index in [0.717, 1.165) is 18.2 Å². The van der Waals surface area contributed by atoms with Crippen LogP contribution in [0.5, 0.6) is 0 Å². The normalized spacial score (nSPS) is 14.4. The molecule has 0 saturated heterocycles. The van der Waals surface area contributed by atoms with Gasteiger partial charge < -0.3 is 10.2 Å². The van der Waals surface area contributed by atoms with E-state index in [1.54, 1.807) is 4.90 Å². The van der Waals surface area contributed by atoms with Crippen molar-refractivity contribution in [3.05, 3.63) is 46.4 Å². The minimum Gasteiger partial charge on any atom is -0.365 e. The van der Waals surface area contributed by atoms with Gasteiger partial charge in [0, 0.05) is 25.7 Å². The zero-order valence-electron chi connectivity index (χ0n) is 11.7. The minimum absolute atomic E-state index is 0.108. The Bertz CT molecular complexity index is 735. The van der Waals surface area contributed by atoms with Crippen LogP contribution in [0.4, 0.5) is 29.1 Å². The Morgan fingerprint density at radius 1 is 1.22 bits per heavy atom. The smallest absolute Gasteiger partial charge is 0.365 e. The molecule has 9 heteroatoms. The molecule has 0 bridgehead atoms. The summed E-state index contributed by atoms with van der Waals surface area (Å²) in [6.45, 7) is 0.812. The minimum atomic E-state index is -4.55. The maximum atomic E-state index is 13.4. The van der Waals surface area contributed by atoms with Gasteiger partial charge in [-0.15, -0.1) is 10.2 Å². The lowest BCUT2D eigenvalue weighted by atomic mass is 10.1. The highest BCUT2D eigenvalue weighted by Gasteiger charge is 2.34. The number of anilines is 2. The lowest BCUT2D eigenvalue weighted by molar-refractivity contribution is -0.138. The van der Waals surface area contributed by atoms with Crippen LogP contribution in [0.2, 0.25) is 5.15 Å². The van der Waals surface area contributed by atoms with Crippen LogP contribution < -0.4 is 10.2 Å². The Balaban J connectivity index is 1.98. The van der Waals surface area contributed by atoms with E-state index in [4.69, 9.17) is 11.6 Å². The van der Waals surface area contributed by atoms with Crippen LogP contribution in [-0.4, -0.2) is 23.3 Å². The molecule has 1 aliphatic rings.